The van der Waals surface area contributed by atoms with Crippen molar-refractivity contribution in [1.82, 2.24) is 5.16 Å². The first-order valence-electron chi connectivity index (χ1n) is 4.24. The van der Waals surface area contributed by atoms with Gasteiger partial charge in [-0.2, -0.15) is 0 Å². The molecule has 0 aliphatic rings. The molecule has 0 amide bonds. The largest absolute Gasteiger partial charge is 0.394 e. The molecule has 0 aliphatic carbocycles. The zero-order chi connectivity index (χ0) is 11.7. The van der Waals surface area contributed by atoms with Gasteiger partial charge in [-0.1, -0.05) is 16.8 Å². The molecule has 2 N–H and O–H groups in total. The Morgan fingerprint density at radius 3 is 2.75 bits per heavy atom. The number of halogens is 1. The van der Waals surface area contributed by atoms with Crippen molar-refractivity contribution >= 4 is 23.0 Å². The summed E-state index contributed by atoms with van der Waals surface area (Å²) in [5.41, 5.74) is 6.32. The Bertz CT molecular complexity index is 553. The van der Waals surface area contributed by atoms with Gasteiger partial charge in [0.1, 0.15) is 10.7 Å². The third-order valence-corrected chi connectivity index (χ3v) is 2.31. The van der Waals surface area contributed by atoms with Crippen LogP contribution in [0.15, 0.2) is 28.9 Å². The second kappa shape index (κ2) is 3.82. The van der Waals surface area contributed by atoms with E-state index in [9.17, 15) is 10.1 Å². The van der Waals surface area contributed by atoms with Crippen LogP contribution >= 0.6 is 11.6 Å². The Morgan fingerprint density at radius 1 is 1.50 bits per heavy atom. The van der Waals surface area contributed by atoms with Gasteiger partial charge in [0.05, 0.1) is 11.1 Å². The van der Waals surface area contributed by atoms with Crippen LogP contribution in [0.1, 0.15) is 0 Å². The van der Waals surface area contributed by atoms with Crippen LogP contribution in [0.2, 0.25) is 5.02 Å². The van der Waals surface area contributed by atoms with Crippen molar-refractivity contribution in [3.05, 3.63) is 39.5 Å². The zero-order valence-corrected chi connectivity index (χ0v) is 8.64. The number of nitro groups is 1. The lowest BCUT2D eigenvalue weighted by molar-refractivity contribution is -0.384. The summed E-state index contributed by atoms with van der Waals surface area (Å²) < 4.78 is 4.90. The van der Waals surface area contributed by atoms with Gasteiger partial charge in [-0.05, 0) is 12.1 Å². The smallest absolute Gasteiger partial charge is 0.287 e. The van der Waals surface area contributed by atoms with Gasteiger partial charge in [0.25, 0.3) is 5.69 Å². The zero-order valence-electron chi connectivity index (χ0n) is 7.88. The van der Waals surface area contributed by atoms with Gasteiger partial charge in [0, 0.05) is 11.6 Å². The lowest BCUT2D eigenvalue weighted by atomic mass is 10.1. The second-order valence-electron chi connectivity index (χ2n) is 3.03. The number of hydrogen-bond donors (Lipinski definition) is 1. The highest BCUT2D eigenvalue weighted by molar-refractivity contribution is 6.32. The molecule has 2 aromatic rings. The summed E-state index contributed by atoms with van der Waals surface area (Å²) in [6.45, 7) is 0. The maximum Gasteiger partial charge on any atom is 0.287 e. The molecule has 0 saturated carbocycles. The van der Waals surface area contributed by atoms with E-state index < -0.39 is 4.92 Å². The topological polar surface area (TPSA) is 95.2 Å². The summed E-state index contributed by atoms with van der Waals surface area (Å²) in [6.07, 6.45) is 1.35. The van der Waals surface area contributed by atoms with Crippen LogP contribution < -0.4 is 5.73 Å². The van der Waals surface area contributed by atoms with Gasteiger partial charge in [0.15, 0.2) is 5.76 Å². The molecule has 0 unspecified atom stereocenters. The molecular weight excluding hydrogens is 234 g/mol. The van der Waals surface area contributed by atoms with Crippen LogP contribution in [0.25, 0.3) is 11.3 Å². The Hall–Kier alpha value is -2.08. The van der Waals surface area contributed by atoms with Crippen LogP contribution in [0.5, 0.6) is 0 Å². The minimum Gasteiger partial charge on any atom is -0.394 e. The minimum atomic E-state index is -0.560. The molecule has 0 saturated heterocycles. The molecule has 2 rings (SSSR count). The summed E-state index contributed by atoms with van der Waals surface area (Å²) in [4.78, 5) is 9.99. The van der Waals surface area contributed by atoms with E-state index in [1.54, 1.807) is 0 Å². The normalized spacial score (nSPS) is 10.3. The molecular formula is C9H6ClN3O3. The van der Waals surface area contributed by atoms with Gasteiger partial charge in [-0.25, -0.2) is 0 Å². The molecule has 0 atom stereocenters. The fourth-order valence-electron chi connectivity index (χ4n) is 1.26. The van der Waals surface area contributed by atoms with Gasteiger partial charge in [0.2, 0.25) is 0 Å². The van der Waals surface area contributed by atoms with E-state index in [0.717, 1.165) is 0 Å². The number of nitrogens with two attached hydrogens (primary N) is 1. The number of anilines is 1. The molecule has 0 radical (unpaired) electrons. The molecule has 0 aliphatic heterocycles. The summed E-state index contributed by atoms with van der Waals surface area (Å²) in [5, 5.41) is 14.1. The van der Waals surface area contributed by atoms with Crippen LogP contribution in [0.4, 0.5) is 11.4 Å². The second-order valence-corrected chi connectivity index (χ2v) is 3.44. The Kier molecular flexibility index (Phi) is 2.49. The summed E-state index contributed by atoms with van der Waals surface area (Å²) in [7, 11) is 0. The molecule has 0 spiro atoms. The van der Waals surface area contributed by atoms with Crippen molar-refractivity contribution in [3.63, 3.8) is 0 Å². The predicted molar refractivity (Wildman–Crippen MR) is 58.0 cm³/mol. The number of nitrogen functional groups attached to an aromatic ring is 1. The van der Waals surface area contributed by atoms with Crippen molar-refractivity contribution in [2.24, 2.45) is 0 Å². The molecule has 1 aromatic carbocycles. The Balaban J connectivity index is 2.50. The molecule has 0 fully saturated rings. The van der Waals surface area contributed by atoms with Crippen molar-refractivity contribution in [2.75, 3.05) is 5.73 Å². The minimum absolute atomic E-state index is 0.0262. The number of rotatable bonds is 2. The fourth-order valence-corrected chi connectivity index (χ4v) is 1.51. The van der Waals surface area contributed by atoms with Crippen LogP contribution in [-0.4, -0.2) is 10.1 Å². The molecule has 7 heteroatoms. The van der Waals surface area contributed by atoms with E-state index in [0.29, 0.717) is 17.0 Å². The quantitative estimate of drug-likeness (QED) is 0.642. The van der Waals surface area contributed by atoms with E-state index >= 15 is 0 Å². The number of benzene rings is 1. The summed E-state index contributed by atoms with van der Waals surface area (Å²) >= 11 is 5.75. The molecule has 16 heavy (non-hydrogen) atoms. The van der Waals surface area contributed by atoms with Crippen molar-refractivity contribution in [1.29, 1.82) is 0 Å². The van der Waals surface area contributed by atoms with E-state index in [4.69, 9.17) is 21.9 Å². The average Bonchev–Trinajstić information content (AvgIpc) is 2.63. The third-order valence-electron chi connectivity index (χ3n) is 2.00. The highest BCUT2D eigenvalue weighted by Gasteiger charge is 2.15. The first kappa shape index (κ1) is 10.4. The number of nitrogens with zero attached hydrogens (tertiary/aromatic N) is 2. The van der Waals surface area contributed by atoms with Crippen LogP contribution in [0.3, 0.4) is 0 Å². The van der Waals surface area contributed by atoms with Gasteiger partial charge in [-0.15, -0.1) is 0 Å². The average molecular weight is 240 g/mol. The van der Waals surface area contributed by atoms with Crippen molar-refractivity contribution in [2.45, 2.75) is 0 Å². The SMILES string of the molecule is Nc1cnoc1-c1ccc([N+](=O)[O-])c(Cl)c1. The number of aromatic nitrogens is 1. The fraction of sp³-hybridized carbons (Fsp3) is 0. The third kappa shape index (κ3) is 1.70. The van der Waals surface area contributed by atoms with Crippen molar-refractivity contribution < 1.29 is 9.45 Å². The molecule has 1 heterocycles. The Morgan fingerprint density at radius 2 is 2.25 bits per heavy atom. The molecule has 0 bridgehead atoms. The molecule has 82 valence electrons. The van der Waals surface area contributed by atoms with E-state index in [2.05, 4.69) is 5.16 Å². The standard InChI is InChI=1S/C9H6ClN3O3/c10-6-3-5(1-2-8(6)13(14)15)9-7(11)4-12-16-9/h1-4H,11H2. The van der Waals surface area contributed by atoms with E-state index in [1.807, 2.05) is 0 Å². The first-order chi connectivity index (χ1) is 7.59. The lowest BCUT2D eigenvalue weighted by Crippen LogP contribution is -1.90. The van der Waals surface area contributed by atoms with Crippen LogP contribution in [-0.2, 0) is 0 Å². The number of nitro benzene ring substituents is 1. The predicted octanol–water partition coefficient (Wildman–Crippen LogP) is 2.49. The molecule has 1 aromatic heterocycles. The lowest BCUT2D eigenvalue weighted by Gasteiger charge is -1.99. The first-order valence-corrected chi connectivity index (χ1v) is 4.62. The van der Waals surface area contributed by atoms with Gasteiger partial charge < -0.3 is 10.3 Å². The molecule has 6 nitrogen and oxygen atoms in total. The van der Waals surface area contributed by atoms with Crippen molar-refractivity contribution in [3.8, 4) is 11.3 Å². The highest BCUT2D eigenvalue weighted by Crippen LogP contribution is 2.32. The maximum atomic E-state index is 10.5. The van der Waals surface area contributed by atoms with Gasteiger partial charge >= 0.3 is 0 Å². The number of hydrogen-bond acceptors (Lipinski definition) is 5. The van der Waals surface area contributed by atoms with Gasteiger partial charge in [-0.3, -0.25) is 10.1 Å². The highest BCUT2D eigenvalue weighted by atomic mass is 35.5. The summed E-state index contributed by atoms with van der Waals surface area (Å²) in [6, 6.07) is 4.21. The Labute approximate surface area is 94.7 Å². The van der Waals surface area contributed by atoms with E-state index in [1.165, 1.54) is 24.4 Å². The van der Waals surface area contributed by atoms with Crippen LogP contribution in [0, 0.1) is 10.1 Å². The monoisotopic (exact) mass is 239 g/mol. The summed E-state index contributed by atoms with van der Waals surface area (Å²) in [5.74, 6) is 0.344. The maximum absolute atomic E-state index is 10.5. The van der Waals surface area contributed by atoms with E-state index in [-0.39, 0.29) is 10.7 Å².